The summed E-state index contributed by atoms with van der Waals surface area (Å²) in [7, 11) is 0. The van der Waals surface area contributed by atoms with Gasteiger partial charge in [0.1, 0.15) is 5.82 Å². The van der Waals surface area contributed by atoms with E-state index in [-0.39, 0.29) is 0 Å². The van der Waals surface area contributed by atoms with Gasteiger partial charge in [0.05, 0.1) is 11.0 Å². The van der Waals surface area contributed by atoms with Crippen LogP contribution < -0.4 is 5.32 Å². The van der Waals surface area contributed by atoms with Crippen LogP contribution in [0.4, 0.5) is 0 Å². The standard InChI is InChI=1S/C17H20N4/c1-12-8-15-16(9-13(12)2)21-17(20-15)5-7-19-11-14-4-3-6-18-10-14/h3-4,6,8-10,19H,5,7,11H2,1-2H3,(H,20,21). The van der Waals surface area contributed by atoms with Crippen LogP contribution in [0.25, 0.3) is 11.0 Å². The van der Waals surface area contributed by atoms with Crippen molar-refractivity contribution in [1.29, 1.82) is 0 Å². The van der Waals surface area contributed by atoms with Crippen molar-refractivity contribution < 1.29 is 0 Å². The summed E-state index contributed by atoms with van der Waals surface area (Å²) in [4.78, 5) is 12.2. The maximum atomic E-state index is 4.65. The van der Waals surface area contributed by atoms with Gasteiger partial charge in [-0.25, -0.2) is 4.98 Å². The summed E-state index contributed by atoms with van der Waals surface area (Å²) in [5, 5.41) is 3.42. The molecule has 0 aliphatic rings. The van der Waals surface area contributed by atoms with Gasteiger partial charge in [-0.3, -0.25) is 4.98 Å². The third-order valence-electron chi connectivity index (χ3n) is 3.74. The molecule has 0 atom stereocenters. The molecular formula is C17H20N4. The molecule has 2 N–H and O–H groups in total. The molecule has 0 unspecified atom stereocenters. The van der Waals surface area contributed by atoms with Crippen molar-refractivity contribution >= 4 is 11.0 Å². The minimum absolute atomic E-state index is 0.840. The van der Waals surface area contributed by atoms with Crippen LogP contribution in [0.3, 0.4) is 0 Å². The Labute approximate surface area is 124 Å². The molecule has 1 aromatic carbocycles. The van der Waals surface area contributed by atoms with Gasteiger partial charge in [-0.2, -0.15) is 0 Å². The van der Waals surface area contributed by atoms with Gasteiger partial charge in [0.25, 0.3) is 0 Å². The molecule has 4 nitrogen and oxygen atoms in total. The van der Waals surface area contributed by atoms with E-state index in [9.17, 15) is 0 Å². The zero-order chi connectivity index (χ0) is 14.7. The number of pyridine rings is 1. The number of fused-ring (bicyclic) bond motifs is 1. The van der Waals surface area contributed by atoms with E-state index in [0.717, 1.165) is 36.4 Å². The van der Waals surface area contributed by atoms with Crippen molar-refractivity contribution in [2.24, 2.45) is 0 Å². The fourth-order valence-electron chi connectivity index (χ4n) is 2.38. The number of aromatic amines is 1. The molecule has 2 heterocycles. The number of aryl methyl sites for hydroxylation is 2. The minimum Gasteiger partial charge on any atom is -0.342 e. The maximum absolute atomic E-state index is 4.65. The average molecular weight is 280 g/mol. The monoisotopic (exact) mass is 280 g/mol. The quantitative estimate of drug-likeness (QED) is 0.707. The summed E-state index contributed by atoms with van der Waals surface area (Å²) in [6.07, 6.45) is 4.58. The molecule has 2 aromatic heterocycles. The van der Waals surface area contributed by atoms with Gasteiger partial charge in [0, 0.05) is 31.9 Å². The third-order valence-corrected chi connectivity index (χ3v) is 3.74. The van der Waals surface area contributed by atoms with Crippen LogP contribution in [-0.2, 0) is 13.0 Å². The molecule has 0 saturated carbocycles. The highest BCUT2D eigenvalue weighted by molar-refractivity contribution is 5.77. The lowest BCUT2D eigenvalue weighted by Gasteiger charge is -2.02. The number of hydrogen-bond donors (Lipinski definition) is 2. The molecule has 0 spiro atoms. The minimum atomic E-state index is 0.840. The van der Waals surface area contributed by atoms with Gasteiger partial charge < -0.3 is 10.3 Å². The maximum Gasteiger partial charge on any atom is 0.108 e. The van der Waals surface area contributed by atoms with E-state index in [1.54, 1.807) is 6.20 Å². The first kappa shape index (κ1) is 13.8. The largest absolute Gasteiger partial charge is 0.342 e. The van der Waals surface area contributed by atoms with Gasteiger partial charge in [-0.1, -0.05) is 6.07 Å². The Morgan fingerprint density at radius 3 is 2.86 bits per heavy atom. The van der Waals surface area contributed by atoms with Crippen LogP contribution in [0.1, 0.15) is 22.5 Å². The van der Waals surface area contributed by atoms with Crippen LogP contribution in [0.5, 0.6) is 0 Å². The summed E-state index contributed by atoms with van der Waals surface area (Å²) in [5.41, 5.74) is 5.97. The fraction of sp³-hybridized carbons (Fsp3) is 0.294. The predicted octanol–water partition coefficient (Wildman–Crippen LogP) is 2.91. The van der Waals surface area contributed by atoms with E-state index in [1.165, 1.54) is 16.7 Å². The number of imidazole rings is 1. The van der Waals surface area contributed by atoms with Crippen molar-refractivity contribution in [2.45, 2.75) is 26.8 Å². The molecule has 4 heteroatoms. The normalized spacial score (nSPS) is 11.1. The zero-order valence-electron chi connectivity index (χ0n) is 12.5. The molecular weight excluding hydrogens is 260 g/mol. The van der Waals surface area contributed by atoms with Crippen LogP contribution in [0, 0.1) is 13.8 Å². The Hall–Kier alpha value is -2.20. The number of rotatable bonds is 5. The van der Waals surface area contributed by atoms with E-state index >= 15 is 0 Å². The Balaban J connectivity index is 1.58. The molecule has 3 aromatic rings. The van der Waals surface area contributed by atoms with Crippen LogP contribution in [0.15, 0.2) is 36.7 Å². The smallest absolute Gasteiger partial charge is 0.108 e. The van der Waals surface area contributed by atoms with E-state index < -0.39 is 0 Å². The molecule has 0 saturated heterocycles. The van der Waals surface area contributed by atoms with Gasteiger partial charge in [0.15, 0.2) is 0 Å². The summed E-state index contributed by atoms with van der Waals surface area (Å²) in [6, 6.07) is 8.35. The molecule has 3 rings (SSSR count). The molecule has 0 bridgehead atoms. The lowest BCUT2D eigenvalue weighted by Crippen LogP contribution is -2.17. The second-order valence-corrected chi connectivity index (χ2v) is 5.43. The Morgan fingerprint density at radius 1 is 1.19 bits per heavy atom. The average Bonchev–Trinajstić information content (AvgIpc) is 2.87. The SMILES string of the molecule is Cc1cc2nc(CCNCc3cccnc3)[nH]c2cc1C. The predicted molar refractivity (Wildman–Crippen MR) is 85.2 cm³/mol. The second kappa shape index (κ2) is 6.06. The Kier molecular flexibility index (Phi) is 3.97. The molecule has 0 aliphatic carbocycles. The summed E-state index contributed by atoms with van der Waals surface area (Å²) in [6.45, 7) is 5.99. The lowest BCUT2D eigenvalue weighted by atomic mass is 10.1. The fourth-order valence-corrected chi connectivity index (χ4v) is 2.38. The van der Waals surface area contributed by atoms with Gasteiger partial charge in [0.2, 0.25) is 0 Å². The van der Waals surface area contributed by atoms with Crippen LogP contribution >= 0.6 is 0 Å². The number of nitrogens with zero attached hydrogens (tertiary/aromatic N) is 2. The molecule has 0 radical (unpaired) electrons. The van der Waals surface area contributed by atoms with Crippen molar-refractivity contribution in [3.05, 3.63) is 59.2 Å². The Morgan fingerprint density at radius 2 is 2.05 bits per heavy atom. The molecule has 0 fully saturated rings. The molecule has 0 aliphatic heterocycles. The zero-order valence-corrected chi connectivity index (χ0v) is 12.5. The van der Waals surface area contributed by atoms with Crippen molar-refractivity contribution in [1.82, 2.24) is 20.3 Å². The molecule has 0 amide bonds. The first-order valence-electron chi connectivity index (χ1n) is 7.28. The van der Waals surface area contributed by atoms with Crippen molar-refractivity contribution in [3.63, 3.8) is 0 Å². The van der Waals surface area contributed by atoms with E-state index in [0.29, 0.717) is 0 Å². The third kappa shape index (κ3) is 3.28. The topological polar surface area (TPSA) is 53.6 Å². The highest BCUT2D eigenvalue weighted by atomic mass is 14.9. The number of hydrogen-bond acceptors (Lipinski definition) is 3. The number of benzene rings is 1. The van der Waals surface area contributed by atoms with E-state index in [1.807, 2.05) is 12.3 Å². The van der Waals surface area contributed by atoms with Crippen LogP contribution in [-0.4, -0.2) is 21.5 Å². The van der Waals surface area contributed by atoms with Crippen molar-refractivity contribution in [3.8, 4) is 0 Å². The first-order valence-corrected chi connectivity index (χ1v) is 7.28. The second-order valence-electron chi connectivity index (χ2n) is 5.43. The number of nitrogens with one attached hydrogen (secondary N) is 2. The van der Waals surface area contributed by atoms with E-state index in [2.05, 4.69) is 52.3 Å². The van der Waals surface area contributed by atoms with Gasteiger partial charge in [-0.15, -0.1) is 0 Å². The lowest BCUT2D eigenvalue weighted by molar-refractivity contribution is 0.673. The first-order chi connectivity index (χ1) is 10.2. The number of H-pyrrole nitrogens is 1. The summed E-state index contributed by atoms with van der Waals surface area (Å²) in [5.74, 6) is 1.04. The van der Waals surface area contributed by atoms with Gasteiger partial charge in [-0.05, 0) is 48.7 Å². The highest BCUT2D eigenvalue weighted by Gasteiger charge is 2.04. The molecule has 21 heavy (non-hydrogen) atoms. The Bertz CT molecular complexity index is 692. The van der Waals surface area contributed by atoms with E-state index in [4.69, 9.17) is 0 Å². The van der Waals surface area contributed by atoms with Gasteiger partial charge >= 0.3 is 0 Å². The summed E-state index contributed by atoms with van der Waals surface area (Å²) >= 11 is 0. The summed E-state index contributed by atoms with van der Waals surface area (Å²) < 4.78 is 0. The van der Waals surface area contributed by atoms with Crippen molar-refractivity contribution in [2.75, 3.05) is 6.54 Å². The van der Waals surface area contributed by atoms with Crippen LogP contribution in [0.2, 0.25) is 0 Å². The number of aromatic nitrogens is 3. The highest BCUT2D eigenvalue weighted by Crippen LogP contribution is 2.17. The molecule has 108 valence electrons.